The summed E-state index contributed by atoms with van der Waals surface area (Å²) in [5.74, 6) is 0. The molecule has 160 valence electrons. The molecule has 7 nitrogen and oxygen atoms in total. The summed E-state index contributed by atoms with van der Waals surface area (Å²) >= 11 is 0. The van der Waals surface area contributed by atoms with Crippen LogP contribution < -0.4 is 0 Å². The highest BCUT2D eigenvalue weighted by Gasteiger charge is 2.55. The number of hydrogen-bond acceptors (Lipinski definition) is 4. The van der Waals surface area contributed by atoms with Gasteiger partial charge in [-0.15, -0.1) is 0 Å². The van der Waals surface area contributed by atoms with E-state index in [2.05, 4.69) is 33.9 Å². The molecule has 0 aliphatic carbocycles. The van der Waals surface area contributed by atoms with Crippen LogP contribution in [-0.2, 0) is 15.8 Å². The summed E-state index contributed by atoms with van der Waals surface area (Å²) in [4.78, 5) is 27.7. The second-order valence-corrected chi connectivity index (χ2v) is 14.2. The van der Waals surface area contributed by atoms with Gasteiger partial charge >= 0.3 is 12.2 Å². The molecular weight excluding hydrogens is 388 g/mol. The smallest absolute Gasteiger partial charge is 0.410 e. The van der Waals surface area contributed by atoms with Gasteiger partial charge < -0.3 is 24.1 Å². The number of likely N-dealkylation sites (tertiary alicyclic amines) is 2. The van der Waals surface area contributed by atoms with Gasteiger partial charge in [-0.3, -0.25) is 0 Å². The summed E-state index contributed by atoms with van der Waals surface area (Å²) in [5, 5.41) is 9.66. The quantitative estimate of drug-likeness (QED) is 0.740. The highest BCUT2D eigenvalue weighted by atomic mass is 28.4. The predicted molar refractivity (Wildman–Crippen MR) is 112 cm³/mol. The minimum absolute atomic E-state index is 0.00358. The zero-order valence-electron chi connectivity index (χ0n) is 17.9. The van der Waals surface area contributed by atoms with Crippen molar-refractivity contribution in [2.75, 3.05) is 13.1 Å². The monoisotopic (exact) mass is 420 g/mol. The van der Waals surface area contributed by atoms with E-state index in [1.165, 1.54) is 4.90 Å². The Hall–Kier alpha value is -2.06. The summed E-state index contributed by atoms with van der Waals surface area (Å²) < 4.78 is 12.1. The van der Waals surface area contributed by atoms with E-state index in [0.717, 1.165) is 5.56 Å². The number of amides is 2. The fraction of sp³-hybridized carbons (Fsp3) is 0.619. The molecule has 0 saturated carbocycles. The maximum atomic E-state index is 12.8. The van der Waals surface area contributed by atoms with Gasteiger partial charge in [-0.05, 0) is 30.1 Å². The fourth-order valence-corrected chi connectivity index (χ4v) is 5.25. The lowest BCUT2D eigenvalue weighted by atomic mass is 10.1. The van der Waals surface area contributed by atoms with E-state index in [0.29, 0.717) is 19.5 Å². The van der Waals surface area contributed by atoms with Crippen LogP contribution in [0, 0.1) is 0 Å². The van der Waals surface area contributed by atoms with Crippen LogP contribution in [0.4, 0.5) is 9.59 Å². The standard InChI is InChI=1S/C21H32N2O5Si/c1-21(2,3)29(4,5)28-17-13-23(19(24)25)16-11-12-22(18(16)17)20(26)27-14-15-9-7-6-8-10-15/h6-10,16-18H,11-14H2,1-5H3,(H,24,25). The number of hydrogen-bond donors (Lipinski definition) is 1. The summed E-state index contributed by atoms with van der Waals surface area (Å²) in [6, 6.07) is 8.99. The SMILES string of the molecule is CC(C)(C)[Si](C)(C)OC1CN(C(=O)O)C2CCN(C(=O)OCc3ccccc3)C12. The van der Waals surface area contributed by atoms with Gasteiger partial charge in [-0.1, -0.05) is 51.1 Å². The van der Waals surface area contributed by atoms with Crippen molar-refractivity contribution in [1.82, 2.24) is 9.80 Å². The highest BCUT2D eigenvalue weighted by molar-refractivity contribution is 6.74. The molecule has 1 N–H and O–H groups in total. The van der Waals surface area contributed by atoms with Crippen LogP contribution in [0.2, 0.25) is 18.1 Å². The molecule has 0 aromatic heterocycles. The molecule has 3 atom stereocenters. The second-order valence-electron chi connectivity index (χ2n) is 9.43. The second kappa shape index (κ2) is 7.99. The van der Waals surface area contributed by atoms with Crippen LogP contribution in [0.25, 0.3) is 0 Å². The van der Waals surface area contributed by atoms with Crippen LogP contribution in [-0.4, -0.2) is 66.7 Å². The molecule has 1 aromatic carbocycles. The number of nitrogens with zero attached hydrogens (tertiary/aromatic N) is 2. The summed E-state index contributed by atoms with van der Waals surface area (Å²) in [6.07, 6.45) is -1.09. The number of ether oxygens (including phenoxy) is 1. The van der Waals surface area contributed by atoms with E-state index in [4.69, 9.17) is 9.16 Å². The maximum absolute atomic E-state index is 12.8. The number of carboxylic acid groups (broad SMARTS) is 1. The third-order valence-corrected chi connectivity index (χ3v) is 11.0. The van der Waals surface area contributed by atoms with Crippen LogP contribution in [0.15, 0.2) is 30.3 Å². The van der Waals surface area contributed by atoms with Crippen molar-refractivity contribution in [2.24, 2.45) is 0 Å². The van der Waals surface area contributed by atoms with E-state index in [1.54, 1.807) is 4.90 Å². The molecule has 2 amide bonds. The Morgan fingerprint density at radius 1 is 1.17 bits per heavy atom. The molecule has 3 rings (SSSR count). The normalized spacial score (nSPS) is 24.5. The molecule has 3 unspecified atom stereocenters. The maximum Gasteiger partial charge on any atom is 0.410 e. The van der Waals surface area contributed by atoms with Crippen molar-refractivity contribution >= 4 is 20.5 Å². The van der Waals surface area contributed by atoms with Crippen molar-refractivity contribution in [2.45, 2.75) is 70.1 Å². The van der Waals surface area contributed by atoms with Gasteiger partial charge in [0, 0.05) is 6.54 Å². The molecule has 0 spiro atoms. The molecule has 2 fully saturated rings. The molecule has 0 radical (unpaired) electrons. The van der Waals surface area contributed by atoms with E-state index >= 15 is 0 Å². The Labute approximate surface area is 173 Å². The van der Waals surface area contributed by atoms with E-state index in [-0.39, 0.29) is 29.8 Å². The van der Waals surface area contributed by atoms with Crippen LogP contribution in [0.5, 0.6) is 0 Å². The van der Waals surface area contributed by atoms with Crippen LogP contribution in [0.1, 0.15) is 32.8 Å². The fourth-order valence-electron chi connectivity index (χ4n) is 3.92. The van der Waals surface area contributed by atoms with Gasteiger partial charge in [0.15, 0.2) is 8.32 Å². The van der Waals surface area contributed by atoms with Gasteiger partial charge in [0.1, 0.15) is 6.61 Å². The van der Waals surface area contributed by atoms with Gasteiger partial charge in [-0.2, -0.15) is 0 Å². The Bertz CT molecular complexity index is 749. The Balaban J connectivity index is 1.76. The topological polar surface area (TPSA) is 79.3 Å². The largest absolute Gasteiger partial charge is 0.465 e. The number of fused-ring (bicyclic) bond motifs is 1. The average molecular weight is 421 g/mol. The Kier molecular flexibility index (Phi) is 5.96. The lowest BCUT2D eigenvalue weighted by Gasteiger charge is -2.40. The first kappa shape index (κ1) is 21.6. The summed E-state index contributed by atoms with van der Waals surface area (Å²) in [6.45, 7) is 11.7. The van der Waals surface area contributed by atoms with Gasteiger partial charge in [0.05, 0.1) is 24.7 Å². The predicted octanol–water partition coefficient (Wildman–Crippen LogP) is 4.15. The molecule has 2 heterocycles. The summed E-state index contributed by atoms with van der Waals surface area (Å²) in [5.41, 5.74) is 0.921. The minimum atomic E-state index is -2.13. The number of carbonyl (C=O) groups excluding carboxylic acids is 1. The minimum Gasteiger partial charge on any atom is -0.465 e. The molecule has 29 heavy (non-hydrogen) atoms. The molecule has 2 aliphatic rings. The van der Waals surface area contributed by atoms with Gasteiger partial charge in [-0.25, -0.2) is 9.59 Å². The zero-order chi connectivity index (χ0) is 21.4. The first-order valence-electron chi connectivity index (χ1n) is 10.2. The Morgan fingerprint density at radius 3 is 2.41 bits per heavy atom. The first-order chi connectivity index (χ1) is 13.5. The third-order valence-electron chi connectivity index (χ3n) is 6.52. The van der Waals surface area contributed by atoms with Crippen molar-refractivity contribution < 1.29 is 23.9 Å². The van der Waals surface area contributed by atoms with E-state index < -0.39 is 20.5 Å². The van der Waals surface area contributed by atoms with E-state index in [9.17, 15) is 14.7 Å². The lowest BCUT2D eigenvalue weighted by molar-refractivity contribution is 0.0642. The van der Waals surface area contributed by atoms with Crippen molar-refractivity contribution in [3.05, 3.63) is 35.9 Å². The van der Waals surface area contributed by atoms with E-state index in [1.807, 2.05) is 30.3 Å². The molecule has 8 heteroatoms. The highest BCUT2D eigenvalue weighted by Crippen LogP contribution is 2.41. The van der Waals surface area contributed by atoms with Crippen molar-refractivity contribution in [3.63, 3.8) is 0 Å². The third kappa shape index (κ3) is 4.43. The number of benzene rings is 1. The van der Waals surface area contributed by atoms with Crippen LogP contribution in [0.3, 0.4) is 0 Å². The molecule has 1 aromatic rings. The first-order valence-corrected chi connectivity index (χ1v) is 13.1. The summed E-state index contributed by atoms with van der Waals surface area (Å²) in [7, 11) is -2.13. The van der Waals surface area contributed by atoms with Gasteiger partial charge in [0.25, 0.3) is 0 Å². The number of rotatable bonds is 4. The molecular formula is C21H32N2O5Si. The lowest BCUT2D eigenvalue weighted by Crippen LogP contribution is -2.51. The van der Waals surface area contributed by atoms with Crippen molar-refractivity contribution in [3.8, 4) is 0 Å². The Morgan fingerprint density at radius 2 is 1.83 bits per heavy atom. The van der Waals surface area contributed by atoms with Gasteiger partial charge in [0.2, 0.25) is 0 Å². The average Bonchev–Trinajstić information content (AvgIpc) is 3.21. The zero-order valence-corrected chi connectivity index (χ0v) is 18.9. The molecule has 2 aliphatic heterocycles. The van der Waals surface area contributed by atoms with Crippen LogP contribution >= 0.6 is 0 Å². The molecule has 2 saturated heterocycles. The van der Waals surface area contributed by atoms with Crippen molar-refractivity contribution in [1.29, 1.82) is 0 Å². The number of carbonyl (C=O) groups is 2. The molecule has 0 bridgehead atoms.